The lowest BCUT2D eigenvalue weighted by atomic mass is 10.2. The van der Waals surface area contributed by atoms with E-state index in [0.717, 1.165) is 11.4 Å². The van der Waals surface area contributed by atoms with Crippen molar-refractivity contribution in [3.8, 4) is 0 Å². The Kier molecular flexibility index (Phi) is 4.44. The third-order valence-electron chi connectivity index (χ3n) is 2.45. The molecule has 0 fully saturated rings. The number of anilines is 2. The molecule has 0 atom stereocenters. The normalized spacial score (nSPS) is 9.95. The van der Waals surface area contributed by atoms with Crippen molar-refractivity contribution >= 4 is 11.8 Å². The first-order chi connectivity index (χ1) is 9.28. The Labute approximate surface area is 111 Å². The minimum Gasteiger partial charge on any atom is -0.366 e. The number of nitrogens with zero attached hydrogens (tertiary/aromatic N) is 2. The van der Waals surface area contributed by atoms with Gasteiger partial charge in [0.1, 0.15) is 11.6 Å². The molecule has 4 nitrogen and oxygen atoms in total. The average Bonchev–Trinajstić information content (AvgIpc) is 2.45. The quantitative estimate of drug-likeness (QED) is 0.782. The number of hydrogen-bond acceptors (Lipinski definition) is 4. The summed E-state index contributed by atoms with van der Waals surface area (Å²) in [5.41, 5.74) is 0.967. The van der Waals surface area contributed by atoms with E-state index in [-0.39, 0.29) is 5.82 Å². The standard InChI is InChI=1S/C14H15FN4/c1-2-8-16-13-7-9-17-14(19-13)18-10-11-3-5-12(15)6-4-11/h2-7,9H,1,8,10H2,(H2,16,17,18,19). The Balaban J connectivity index is 1.95. The average molecular weight is 258 g/mol. The molecule has 0 unspecified atom stereocenters. The zero-order valence-electron chi connectivity index (χ0n) is 10.4. The smallest absolute Gasteiger partial charge is 0.224 e. The van der Waals surface area contributed by atoms with Crippen LogP contribution in [0, 0.1) is 5.82 Å². The second-order valence-electron chi connectivity index (χ2n) is 3.92. The fraction of sp³-hybridized carbons (Fsp3) is 0.143. The summed E-state index contributed by atoms with van der Waals surface area (Å²) in [6, 6.07) is 8.09. The molecule has 1 aromatic carbocycles. The van der Waals surface area contributed by atoms with Crippen LogP contribution in [0.1, 0.15) is 5.56 Å². The molecule has 98 valence electrons. The number of nitrogens with one attached hydrogen (secondary N) is 2. The van der Waals surface area contributed by atoms with Gasteiger partial charge in [-0.2, -0.15) is 4.98 Å². The van der Waals surface area contributed by atoms with Gasteiger partial charge in [-0.15, -0.1) is 6.58 Å². The molecule has 0 aliphatic carbocycles. The maximum atomic E-state index is 12.8. The van der Waals surface area contributed by atoms with Crippen molar-refractivity contribution < 1.29 is 4.39 Å². The molecular formula is C14H15FN4. The van der Waals surface area contributed by atoms with Crippen LogP contribution in [-0.2, 0) is 6.54 Å². The highest BCUT2D eigenvalue weighted by molar-refractivity contribution is 5.40. The molecule has 5 heteroatoms. The molecule has 2 aromatic rings. The van der Waals surface area contributed by atoms with Crippen LogP contribution < -0.4 is 10.6 Å². The highest BCUT2D eigenvalue weighted by Gasteiger charge is 1.99. The van der Waals surface area contributed by atoms with Crippen molar-refractivity contribution in [2.45, 2.75) is 6.54 Å². The SMILES string of the molecule is C=CCNc1ccnc(NCc2ccc(F)cc2)n1. The van der Waals surface area contributed by atoms with Crippen LogP contribution in [0.5, 0.6) is 0 Å². The number of rotatable bonds is 6. The van der Waals surface area contributed by atoms with Crippen LogP contribution in [-0.4, -0.2) is 16.5 Å². The van der Waals surface area contributed by atoms with Crippen LogP contribution in [0.4, 0.5) is 16.2 Å². The Morgan fingerprint density at radius 2 is 1.95 bits per heavy atom. The van der Waals surface area contributed by atoms with Crippen molar-refractivity contribution in [2.75, 3.05) is 17.2 Å². The summed E-state index contributed by atoms with van der Waals surface area (Å²) >= 11 is 0. The number of hydrogen-bond donors (Lipinski definition) is 2. The van der Waals surface area contributed by atoms with Gasteiger partial charge in [-0.1, -0.05) is 18.2 Å². The Morgan fingerprint density at radius 1 is 1.16 bits per heavy atom. The number of aromatic nitrogens is 2. The summed E-state index contributed by atoms with van der Waals surface area (Å²) in [6.07, 6.45) is 3.43. The first kappa shape index (κ1) is 13.0. The van der Waals surface area contributed by atoms with Crippen molar-refractivity contribution in [1.82, 2.24) is 9.97 Å². The Hall–Kier alpha value is -2.43. The van der Waals surface area contributed by atoms with Crippen molar-refractivity contribution in [3.05, 3.63) is 60.6 Å². The van der Waals surface area contributed by atoms with Crippen LogP contribution in [0.3, 0.4) is 0 Å². The maximum Gasteiger partial charge on any atom is 0.224 e. The molecule has 1 aromatic heterocycles. The van der Waals surface area contributed by atoms with E-state index in [0.29, 0.717) is 19.0 Å². The molecule has 1 heterocycles. The molecule has 0 amide bonds. The monoisotopic (exact) mass is 258 g/mol. The van der Waals surface area contributed by atoms with Crippen molar-refractivity contribution in [2.24, 2.45) is 0 Å². The van der Waals surface area contributed by atoms with E-state index < -0.39 is 0 Å². The Bertz CT molecular complexity index is 539. The molecule has 0 saturated heterocycles. The largest absolute Gasteiger partial charge is 0.366 e. The molecule has 2 rings (SSSR count). The maximum absolute atomic E-state index is 12.8. The van der Waals surface area contributed by atoms with Gasteiger partial charge in [0.05, 0.1) is 0 Å². The van der Waals surface area contributed by atoms with Crippen molar-refractivity contribution in [1.29, 1.82) is 0 Å². The van der Waals surface area contributed by atoms with Gasteiger partial charge in [-0.25, -0.2) is 9.37 Å². The zero-order chi connectivity index (χ0) is 13.5. The summed E-state index contributed by atoms with van der Waals surface area (Å²) in [6.45, 7) is 4.82. The molecular weight excluding hydrogens is 243 g/mol. The summed E-state index contributed by atoms with van der Waals surface area (Å²) < 4.78 is 12.8. The van der Waals surface area contributed by atoms with Gasteiger partial charge < -0.3 is 10.6 Å². The van der Waals surface area contributed by atoms with Gasteiger partial charge in [0.15, 0.2) is 0 Å². The van der Waals surface area contributed by atoms with E-state index in [2.05, 4.69) is 27.2 Å². The van der Waals surface area contributed by atoms with E-state index >= 15 is 0 Å². The van der Waals surface area contributed by atoms with Gasteiger partial charge in [-0.05, 0) is 23.8 Å². The van der Waals surface area contributed by atoms with E-state index in [1.807, 2.05) is 0 Å². The van der Waals surface area contributed by atoms with Gasteiger partial charge in [0, 0.05) is 19.3 Å². The molecule has 0 aliphatic heterocycles. The van der Waals surface area contributed by atoms with Crippen LogP contribution >= 0.6 is 0 Å². The molecule has 2 N–H and O–H groups in total. The molecule has 0 saturated carbocycles. The molecule has 0 aliphatic rings. The van der Waals surface area contributed by atoms with Gasteiger partial charge in [-0.3, -0.25) is 0 Å². The number of benzene rings is 1. The zero-order valence-corrected chi connectivity index (χ0v) is 10.4. The predicted molar refractivity (Wildman–Crippen MR) is 74.4 cm³/mol. The molecule has 19 heavy (non-hydrogen) atoms. The molecule has 0 bridgehead atoms. The molecule has 0 radical (unpaired) electrons. The minimum absolute atomic E-state index is 0.240. The summed E-state index contributed by atoms with van der Waals surface area (Å²) in [4.78, 5) is 8.41. The van der Waals surface area contributed by atoms with Crippen LogP contribution in [0.25, 0.3) is 0 Å². The predicted octanol–water partition coefficient (Wildman–Crippen LogP) is 2.83. The second kappa shape index (κ2) is 6.49. The fourth-order valence-electron chi connectivity index (χ4n) is 1.50. The minimum atomic E-state index is -0.240. The summed E-state index contributed by atoms with van der Waals surface area (Å²) in [5, 5.41) is 6.17. The van der Waals surface area contributed by atoms with Crippen LogP contribution in [0.15, 0.2) is 49.2 Å². The van der Waals surface area contributed by atoms with Crippen LogP contribution in [0.2, 0.25) is 0 Å². The van der Waals surface area contributed by atoms with E-state index in [4.69, 9.17) is 0 Å². The highest BCUT2D eigenvalue weighted by atomic mass is 19.1. The fourth-order valence-corrected chi connectivity index (χ4v) is 1.50. The molecule has 0 spiro atoms. The van der Waals surface area contributed by atoms with Gasteiger partial charge in [0.2, 0.25) is 5.95 Å². The lowest BCUT2D eigenvalue weighted by Gasteiger charge is -2.07. The van der Waals surface area contributed by atoms with Crippen molar-refractivity contribution in [3.63, 3.8) is 0 Å². The third-order valence-corrected chi connectivity index (χ3v) is 2.45. The summed E-state index contributed by atoms with van der Waals surface area (Å²) in [7, 11) is 0. The lowest BCUT2D eigenvalue weighted by molar-refractivity contribution is 0.627. The second-order valence-corrected chi connectivity index (χ2v) is 3.92. The number of halogens is 1. The lowest BCUT2D eigenvalue weighted by Crippen LogP contribution is -2.06. The van der Waals surface area contributed by atoms with Gasteiger partial charge in [0.25, 0.3) is 0 Å². The first-order valence-corrected chi connectivity index (χ1v) is 5.94. The van der Waals surface area contributed by atoms with E-state index in [9.17, 15) is 4.39 Å². The topological polar surface area (TPSA) is 49.8 Å². The van der Waals surface area contributed by atoms with E-state index in [1.54, 1.807) is 30.5 Å². The third kappa shape index (κ3) is 4.06. The van der Waals surface area contributed by atoms with Gasteiger partial charge >= 0.3 is 0 Å². The summed E-state index contributed by atoms with van der Waals surface area (Å²) in [5.74, 6) is 1.02. The van der Waals surface area contributed by atoms with E-state index in [1.165, 1.54) is 12.1 Å². The highest BCUT2D eigenvalue weighted by Crippen LogP contribution is 2.08. The Morgan fingerprint density at radius 3 is 2.68 bits per heavy atom. The first-order valence-electron chi connectivity index (χ1n) is 5.94.